The Morgan fingerprint density at radius 2 is 2.10 bits per heavy atom. The van der Waals surface area contributed by atoms with E-state index in [4.69, 9.17) is 4.74 Å². The third kappa shape index (κ3) is 3.99. The fraction of sp³-hybridized carbons (Fsp3) is 0.611. The van der Waals surface area contributed by atoms with Gasteiger partial charge in [-0.25, -0.2) is 0 Å². The number of hydrogen-bond acceptors (Lipinski definition) is 2. The van der Waals surface area contributed by atoms with Crippen LogP contribution in [0.5, 0.6) is 5.75 Å². The fourth-order valence-corrected chi connectivity index (χ4v) is 2.97. The second-order valence-electron chi connectivity index (χ2n) is 6.81. The number of likely N-dealkylation sites (tertiary alicyclic amines) is 1. The molecule has 1 saturated heterocycles. The first kappa shape index (κ1) is 15.9. The van der Waals surface area contributed by atoms with E-state index in [0.717, 1.165) is 30.8 Å². The van der Waals surface area contributed by atoms with Gasteiger partial charge in [-0.05, 0) is 43.2 Å². The molecule has 2 rings (SSSR count). The number of amides is 1. The summed E-state index contributed by atoms with van der Waals surface area (Å²) in [6.07, 6.45) is 2.59. The Kier molecular flexibility index (Phi) is 4.92. The number of benzene rings is 1. The van der Waals surface area contributed by atoms with E-state index in [2.05, 4.69) is 13.8 Å². The van der Waals surface area contributed by atoms with Crippen molar-refractivity contribution >= 4 is 5.91 Å². The topological polar surface area (TPSA) is 29.5 Å². The number of piperidine rings is 1. The van der Waals surface area contributed by atoms with Crippen molar-refractivity contribution in [2.45, 2.75) is 53.1 Å². The lowest BCUT2D eigenvalue weighted by molar-refractivity contribution is -0.142. The van der Waals surface area contributed by atoms with E-state index in [1.807, 2.05) is 43.0 Å². The molecule has 0 bridgehead atoms. The minimum absolute atomic E-state index is 0.133. The summed E-state index contributed by atoms with van der Waals surface area (Å²) in [5.41, 5.74) is 1.29. The lowest BCUT2D eigenvalue weighted by Crippen LogP contribution is -2.48. The number of ether oxygens (including phenoxy) is 1. The molecular formula is C18H27NO2. The summed E-state index contributed by atoms with van der Waals surface area (Å²) in [6.45, 7) is 10.2. The average molecular weight is 289 g/mol. The molecule has 0 unspecified atom stereocenters. The van der Waals surface area contributed by atoms with E-state index < -0.39 is 0 Å². The number of carbonyl (C=O) groups excluding carboxylic acids is 1. The van der Waals surface area contributed by atoms with Crippen LogP contribution in [0.15, 0.2) is 24.3 Å². The zero-order chi connectivity index (χ0) is 15.5. The lowest BCUT2D eigenvalue weighted by atomic mass is 9.84. The Hall–Kier alpha value is -1.51. The maximum atomic E-state index is 12.7. The molecule has 1 heterocycles. The number of para-hydroxylation sites is 1. The molecule has 0 radical (unpaired) electrons. The Balaban J connectivity index is 2.07. The largest absolute Gasteiger partial charge is 0.480 e. The monoisotopic (exact) mass is 289 g/mol. The molecule has 1 aromatic rings. The van der Waals surface area contributed by atoms with Gasteiger partial charge >= 0.3 is 0 Å². The standard InChI is InChI=1S/C18H27NO2/c1-5-15(21-16-10-7-6-9-14(16)2)17(20)19-12-8-11-18(3,4)13-19/h6-7,9-10,15H,5,8,11-13H2,1-4H3/t15-/m0/s1. The second kappa shape index (κ2) is 6.50. The first-order chi connectivity index (χ1) is 9.93. The zero-order valence-corrected chi connectivity index (χ0v) is 13.7. The molecule has 0 saturated carbocycles. The van der Waals surface area contributed by atoms with Gasteiger partial charge in [0.1, 0.15) is 5.75 Å². The van der Waals surface area contributed by atoms with Crippen LogP contribution in [-0.4, -0.2) is 30.0 Å². The van der Waals surface area contributed by atoms with Crippen LogP contribution in [0.4, 0.5) is 0 Å². The number of nitrogens with zero attached hydrogens (tertiary/aromatic N) is 1. The minimum atomic E-state index is -0.375. The molecule has 1 aliphatic heterocycles. The van der Waals surface area contributed by atoms with E-state index in [0.29, 0.717) is 6.42 Å². The summed E-state index contributed by atoms with van der Waals surface area (Å²) in [5, 5.41) is 0. The van der Waals surface area contributed by atoms with Crippen molar-refractivity contribution in [3.8, 4) is 5.75 Å². The molecule has 116 valence electrons. The molecule has 3 nitrogen and oxygen atoms in total. The normalized spacial score (nSPS) is 19.1. The third-order valence-corrected chi connectivity index (χ3v) is 4.22. The van der Waals surface area contributed by atoms with Gasteiger partial charge in [0.2, 0.25) is 0 Å². The number of carbonyl (C=O) groups is 1. The van der Waals surface area contributed by atoms with E-state index in [1.54, 1.807) is 0 Å². The number of rotatable bonds is 4. The highest BCUT2D eigenvalue weighted by molar-refractivity contribution is 5.81. The summed E-state index contributed by atoms with van der Waals surface area (Å²) >= 11 is 0. The highest BCUT2D eigenvalue weighted by Gasteiger charge is 2.32. The highest BCUT2D eigenvalue weighted by atomic mass is 16.5. The third-order valence-electron chi connectivity index (χ3n) is 4.22. The van der Waals surface area contributed by atoms with Gasteiger partial charge in [0.05, 0.1) is 0 Å². The van der Waals surface area contributed by atoms with Crippen molar-refractivity contribution in [2.24, 2.45) is 5.41 Å². The van der Waals surface area contributed by atoms with Crippen molar-refractivity contribution < 1.29 is 9.53 Å². The van der Waals surface area contributed by atoms with Crippen LogP contribution in [0.2, 0.25) is 0 Å². The molecule has 1 amide bonds. The second-order valence-corrected chi connectivity index (χ2v) is 6.81. The summed E-state index contributed by atoms with van der Waals surface area (Å²) < 4.78 is 5.99. The maximum absolute atomic E-state index is 12.7. The Bertz CT molecular complexity index is 496. The van der Waals surface area contributed by atoms with Crippen molar-refractivity contribution in [1.82, 2.24) is 4.90 Å². The van der Waals surface area contributed by atoms with E-state index in [1.165, 1.54) is 6.42 Å². The minimum Gasteiger partial charge on any atom is -0.480 e. The van der Waals surface area contributed by atoms with Gasteiger partial charge in [-0.15, -0.1) is 0 Å². The van der Waals surface area contributed by atoms with Crippen LogP contribution in [0, 0.1) is 12.3 Å². The van der Waals surface area contributed by atoms with Crippen LogP contribution < -0.4 is 4.74 Å². The average Bonchev–Trinajstić information content (AvgIpc) is 2.44. The number of aryl methyl sites for hydroxylation is 1. The summed E-state index contributed by atoms with van der Waals surface area (Å²) in [5.74, 6) is 0.947. The quantitative estimate of drug-likeness (QED) is 0.843. The molecule has 3 heteroatoms. The van der Waals surface area contributed by atoms with Gasteiger partial charge < -0.3 is 9.64 Å². The van der Waals surface area contributed by atoms with E-state index in [-0.39, 0.29) is 17.4 Å². The first-order valence-electron chi connectivity index (χ1n) is 7.94. The molecular weight excluding hydrogens is 262 g/mol. The molecule has 0 spiro atoms. The van der Waals surface area contributed by atoms with Gasteiger partial charge in [0.15, 0.2) is 6.10 Å². The van der Waals surface area contributed by atoms with E-state index >= 15 is 0 Å². The molecule has 0 N–H and O–H groups in total. The molecule has 1 aliphatic rings. The van der Waals surface area contributed by atoms with Gasteiger partial charge in [0.25, 0.3) is 5.91 Å². The van der Waals surface area contributed by atoms with Crippen LogP contribution in [-0.2, 0) is 4.79 Å². The van der Waals surface area contributed by atoms with Crippen molar-refractivity contribution in [2.75, 3.05) is 13.1 Å². The van der Waals surface area contributed by atoms with Crippen molar-refractivity contribution in [3.05, 3.63) is 29.8 Å². The van der Waals surface area contributed by atoms with Crippen molar-refractivity contribution in [3.63, 3.8) is 0 Å². The fourth-order valence-electron chi connectivity index (χ4n) is 2.97. The first-order valence-corrected chi connectivity index (χ1v) is 7.94. The van der Waals surface area contributed by atoms with E-state index in [9.17, 15) is 4.79 Å². The Morgan fingerprint density at radius 1 is 1.38 bits per heavy atom. The van der Waals surface area contributed by atoms with Gasteiger partial charge in [0, 0.05) is 13.1 Å². The SMILES string of the molecule is CC[C@H](Oc1ccccc1C)C(=O)N1CCCC(C)(C)C1. The lowest BCUT2D eigenvalue weighted by Gasteiger charge is -2.39. The zero-order valence-electron chi connectivity index (χ0n) is 13.7. The summed E-state index contributed by atoms with van der Waals surface area (Å²) in [7, 11) is 0. The van der Waals surface area contributed by atoms with Gasteiger partial charge in [-0.2, -0.15) is 0 Å². The molecule has 1 atom stereocenters. The predicted molar refractivity (Wildman–Crippen MR) is 85.5 cm³/mol. The molecule has 1 fully saturated rings. The Morgan fingerprint density at radius 3 is 2.71 bits per heavy atom. The van der Waals surface area contributed by atoms with Crippen LogP contribution in [0.1, 0.15) is 45.6 Å². The van der Waals surface area contributed by atoms with Crippen LogP contribution in [0.3, 0.4) is 0 Å². The molecule has 0 aliphatic carbocycles. The van der Waals surface area contributed by atoms with Crippen molar-refractivity contribution in [1.29, 1.82) is 0 Å². The van der Waals surface area contributed by atoms with Crippen LogP contribution in [0.25, 0.3) is 0 Å². The van der Waals surface area contributed by atoms with Gasteiger partial charge in [-0.1, -0.05) is 39.0 Å². The Labute approximate surface area is 128 Å². The molecule has 0 aromatic heterocycles. The number of hydrogen-bond donors (Lipinski definition) is 0. The molecule has 21 heavy (non-hydrogen) atoms. The van der Waals surface area contributed by atoms with Crippen LogP contribution >= 0.6 is 0 Å². The summed E-state index contributed by atoms with van der Waals surface area (Å²) in [6, 6.07) is 7.88. The maximum Gasteiger partial charge on any atom is 0.263 e. The van der Waals surface area contributed by atoms with Gasteiger partial charge in [-0.3, -0.25) is 4.79 Å². The smallest absolute Gasteiger partial charge is 0.263 e. The molecule has 1 aromatic carbocycles. The summed E-state index contributed by atoms with van der Waals surface area (Å²) in [4.78, 5) is 14.7. The predicted octanol–water partition coefficient (Wildman–Crippen LogP) is 3.80. The highest BCUT2D eigenvalue weighted by Crippen LogP contribution is 2.29.